The van der Waals surface area contributed by atoms with E-state index in [0.29, 0.717) is 6.42 Å². The van der Waals surface area contributed by atoms with Crippen LogP contribution in [0.1, 0.15) is 23.0 Å². The molecule has 72 valence electrons. The van der Waals surface area contributed by atoms with Crippen molar-refractivity contribution in [1.82, 2.24) is 5.32 Å². The molecule has 1 aromatic heterocycles. The third-order valence-electron chi connectivity index (χ3n) is 1.65. The lowest BCUT2D eigenvalue weighted by Gasteiger charge is -1.99. The van der Waals surface area contributed by atoms with Crippen LogP contribution in [-0.4, -0.2) is 18.9 Å². The number of Topliss-reactive ketones (excluding diaryl/α,β-unsaturated/α-hetero) is 1. The van der Waals surface area contributed by atoms with Gasteiger partial charge in [0.2, 0.25) is 0 Å². The molecule has 0 saturated carbocycles. The molecule has 2 nitrogen and oxygen atoms in total. The summed E-state index contributed by atoms with van der Waals surface area (Å²) in [5, 5.41) is 5.05. The fourth-order valence-electron chi connectivity index (χ4n) is 0.985. The summed E-state index contributed by atoms with van der Waals surface area (Å²) in [6.07, 6.45) is 0.576. The van der Waals surface area contributed by atoms with E-state index in [-0.39, 0.29) is 5.78 Å². The van der Waals surface area contributed by atoms with Crippen molar-refractivity contribution >= 4 is 33.0 Å². The van der Waals surface area contributed by atoms with Crippen molar-refractivity contribution in [1.29, 1.82) is 0 Å². The van der Waals surface area contributed by atoms with Crippen LogP contribution in [0.15, 0.2) is 15.9 Å². The average Bonchev–Trinajstić information content (AvgIpc) is 2.52. The average molecular weight is 262 g/mol. The van der Waals surface area contributed by atoms with Crippen LogP contribution < -0.4 is 5.32 Å². The Balaban J connectivity index is 2.45. The smallest absolute Gasteiger partial charge is 0.175 e. The van der Waals surface area contributed by atoms with Crippen molar-refractivity contribution in [2.45, 2.75) is 13.3 Å². The van der Waals surface area contributed by atoms with Crippen LogP contribution in [0.25, 0.3) is 0 Å². The monoisotopic (exact) mass is 261 g/mol. The number of nitrogens with one attached hydrogen (secondary N) is 1. The minimum atomic E-state index is 0.211. The van der Waals surface area contributed by atoms with Gasteiger partial charge in [-0.2, -0.15) is 0 Å². The van der Waals surface area contributed by atoms with Gasteiger partial charge in [0.25, 0.3) is 0 Å². The molecule has 0 bridgehead atoms. The lowest BCUT2D eigenvalue weighted by atomic mass is 10.2. The van der Waals surface area contributed by atoms with E-state index >= 15 is 0 Å². The van der Waals surface area contributed by atoms with Gasteiger partial charge in [0.1, 0.15) is 0 Å². The Bertz CT molecular complexity index is 285. The van der Waals surface area contributed by atoms with Crippen molar-refractivity contribution in [3.05, 3.63) is 20.8 Å². The molecule has 0 radical (unpaired) electrons. The molecule has 0 aromatic carbocycles. The molecular weight excluding hydrogens is 250 g/mol. The van der Waals surface area contributed by atoms with Gasteiger partial charge < -0.3 is 5.32 Å². The van der Waals surface area contributed by atoms with Gasteiger partial charge in [-0.1, -0.05) is 6.92 Å². The number of halogens is 1. The minimum absolute atomic E-state index is 0.211. The molecule has 1 rings (SSSR count). The highest BCUT2D eigenvalue weighted by Gasteiger charge is 2.10. The predicted molar refractivity (Wildman–Crippen MR) is 59.5 cm³/mol. The molecule has 4 heteroatoms. The lowest BCUT2D eigenvalue weighted by Crippen LogP contribution is -2.17. The number of hydrogen-bond acceptors (Lipinski definition) is 3. The summed E-state index contributed by atoms with van der Waals surface area (Å²) in [7, 11) is 0. The maximum absolute atomic E-state index is 11.5. The van der Waals surface area contributed by atoms with Gasteiger partial charge in [0.05, 0.1) is 4.88 Å². The van der Waals surface area contributed by atoms with E-state index in [9.17, 15) is 4.79 Å². The van der Waals surface area contributed by atoms with Crippen molar-refractivity contribution in [3.8, 4) is 0 Å². The van der Waals surface area contributed by atoms with E-state index in [1.165, 1.54) is 11.3 Å². The van der Waals surface area contributed by atoms with Crippen molar-refractivity contribution < 1.29 is 4.79 Å². The van der Waals surface area contributed by atoms with Crippen LogP contribution in [0, 0.1) is 0 Å². The Morgan fingerprint density at radius 2 is 2.46 bits per heavy atom. The molecule has 0 unspecified atom stereocenters. The van der Waals surface area contributed by atoms with Crippen LogP contribution in [-0.2, 0) is 0 Å². The molecule has 1 N–H and O–H groups in total. The first-order chi connectivity index (χ1) is 6.25. The number of hydrogen-bond donors (Lipinski definition) is 1. The zero-order valence-corrected chi connectivity index (χ0v) is 9.87. The van der Waals surface area contributed by atoms with E-state index in [0.717, 1.165) is 22.4 Å². The fraction of sp³-hybridized carbons (Fsp3) is 0.444. The zero-order valence-electron chi connectivity index (χ0n) is 7.47. The molecular formula is C9H12BrNOS. The third-order valence-corrected chi connectivity index (χ3v) is 3.53. The van der Waals surface area contributed by atoms with Crippen LogP contribution in [0.5, 0.6) is 0 Å². The molecule has 0 atom stereocenters. The Hall–Kier alpha value is -0.190. The summed E-state index contributed by atoms with van der Waals surface area (Å²) >= 11 is 4.84. The van der Waals surface area contributed by atoms with Crippen LogP contribution in [0.3, 0.4) is 0 Å². The van der Waals surface area contributed by atoms with Crippen molar-refractivity contribution in [2.24, 2.45) is 0 Å². The van der Waals surface area contributed by atoms with Crippen molar-refractivity contribution in [2.75, 3.05) is 13.1 Å². The van der Waals surface area contributed by atoms with Crippen LogP contribution >= 0.6 is 27.3 Å². The third kappa shape index (κ3) is 3.21. The van der Waals surface area contributed by atoms with Crippen molar-refractivity contribution in [3.63, 3.8) is 0 Å². The highest BCUT2D eigenvalue weighted by molar-refractivity contribution is 9.10. The van der Waals surface area contributed by atoms with Gasteiger partial charge in [-0.15, -0.1) is 11.3 Å². The van der Waals surface area contributed by atoms with Gasteiger partial charge in [0.15, 0.2) is 5.78 Å². The molecule has 0 amide bonds. The molecule has 0 fully saturated rings. The molecule has 1 aromatic rings. The van der Waals surface area contributed by atoms with E-state index in [2.05, 4.69) is 21.2 Å². The quantitative estimate of drug-likeness (QED) is 0.653. The Morgan fingerprint density at radius 1 is 1.69 bits per heavy atom. The first-order valence-electron chi connectivity index (χ1n) is 4.22. The van der Waals surface area contributed by atoms with E-state index in [4.69, 9.17) is 0 Å². The number of rotatable bonds is 5. The number of carbonyl (C=O) groups is 1. The van der Waals surface area contributed by atoms with Gasteiger partial charge >= 0.3 is 0 Å². The summed E-state index contributed by atoms with van der Waals surface area (Å²) in [6, 6.07) is 1.91. The van der Waals surface area contributed by atoms with Gasteiger partial charge in [-0.3, -0.25) is 4.79 Å². The normalized spacial score (nSPS) is 10.3. The lowest BCUT2D eigenvalue weighted by molar-refractivity contribution is 0.0986. The highest BCUT2D eigenvalue weighted by atomic mass is 79.9. The maximum Gasteiger partial charge on any atom is 0.175 e. The van der Waals surface area contributed by atoms with E-state index in [1.54, 1.807) is 0 Å². The topological polar surface area (TPSA) is 29.1 Å². The predicted octanol–water partition coefficient (Wildman–Crippen LogP) is 2.69. The first-order valence-corrected chi connectivity index (χ1v) is 5.90. The minimum Gasteiger partial charge on any atom is -0.317 e. The molecule has 0 aliphatic heterocycles. The van der Waals surface area contributed by atoms with Crippen LogP contribution in [0.4, 0.5) is 0 Å². The Morgan fingerprint density at radius 3 is 3.00 bits per heavy atom. The highest BCUT2D eigenvalue weighted by Crippen LogP contribution is 2.23. The van der Waals surface area contributed by atoms with Gasteiger partial charge in [0, 0.05) is 17.4 Å². The molecule has 0 aliphatic carbocycles. The summed E-state index contributed by atoms with van der Waals surface area (Å²) in [6.45, 7) is 3.71. The second kappa shape index (κ2) is 5.52. The number of ketones is 1. The molecule has 0 spiro atoms. The summed E-state index contributed by atoms with van der Waals surface area (Å²) in [5.41, 5.74) is 0. The zero-order chi connectivity index (χ0) is 9.68. The molecule has 13 heavy (non-hydrogen) atoms. The van der Waals surface area contributed by atoms with Crippen LogP contribution in [0.2, 0.25) is 0 Å². The summed E-state index contributed by atoms with van der Waals surface area (Å²) in [4.78, 5) is 12.4. The molecule has 1 heterocycles. The fourth-order valence-corrected chi connectivity index (χ4v) is 2.55. The first kappa shape index (κ1) is 10.9. The molecule has 0 saturated heterocycles. The maximum atomic E-state index is 11.5. The molecule has 0 aliphatic rings. The Kier molecular flexibility index (Phi) is 4.62. The SMILES string of the molecule is CCNCCC(=O)c1sccc1Br. The van der Waals surface area contributed by atoms with Gasteiger partial charge in [-0.25, -0.2) is 0 Å². The second-order valence-electron chi connectivity index (χ2n) is 2.62. The second-order valence-corrected chi connectivity index (χ2v) is 4.39. The Labute approximate surface area is 90.5 Å². The van der Waals surface area contributed by atoms with Gasteiger partial charge in [-0.05, 0) is 33.9 Å². The van der Waals surface area contributed by atoms with E-state index in [1.807, 2.05) is 18.4 Å². The largest absolute Gasteiger partial charge is 0.317 e. The number of thiophene rings is 1. The number of carbonyl (C=O) groups excluding carboxylic acids is 1. The summed E-state index contributed by atoms with van der Waals surface area (Å²) in [5.74, 6) is 0.211. The summed E-state index contributed by atoms with van der Waals surface area (Å²) < 4.78 is 0.916. The van der Waals surface area contributed by atoms with E-state index < -0.39 is 0 Å². The standard InChI is InChI=1S/C9H12BrNOS/c1-2-11-5-3-8(12)9-7(10)4-6-13-9/h4,6,11H,2-3,5H2,1H3.